The van der Waals surface area contributed by atoms with Crippen LogP contribution in [0.15, 0.2) is 48.8 Å². The summed E-state index contributed by atoms with van der Waals surface area (Å²) in [6.07, 6.45) is 4.40. The van der Waals surface area contributed by atoms with E-state index in [1.54, 1.807) is 0 Å². The van der Waals surface area contributed by atoms with Gasteiger partial charge in [0.1, 0.15) is 5.69 Å². The first-order valence-electron chi connectivity index (χ1n) is 9.82. The Balaban J connectivity index is 1.92. The van der Waals surface area contributed by atoms with Crippen molar-refractivity contribution < 1.29 is 9.90 Å². The molecule has 5 aromatic rings. The highest BCUT2D eigenvalue weighted by Gasteiger charge is 2.27. The van der Waals surface area contributed by atoms with Gasteiger partial charge in [-0.2, -0.15) is 0 Å². The van der Waals surface area contributed by atoms with Crippen LogP contribution in [0.4, 0.5) is 0 Å². The molecule has 0 aliphatic rings. The lowest BCUT2D eigenvalue weighted by Gasteiger charge is -2.12. The fraction of sp³-hybridized carbons (Fsp3) is 0.125. The first kappa shape index (κ1) is 18.6. The number of aromatic carboxylic acids is 1. The van der Waals surface area contributed by atoms with Gasteiger partial charge in [-0.15, -0.1) is 0 Å². The van der Waals surface area contributed by atoms with Crippen LogP contribution in [0.5, 0.6) is 0 Å². The zero-order chi connectivity index (χ0) is 21.0. The number of carboxylic acid groups (broad SMARTS) is 1. The normalized spacial score (nSPS) is 11.6. The van der Waals surface area contributed by atoms with Gasteiger partial charge in [0.25, 0.3) is 0 Å². The average molecular weight is 418 g/mol. The summed E-state index contributed by atoms with van der Waals surface area (Å²) in [5.74, 6) is -1.01. The van der Waals surface area contributed by atoms with Crippen molar-refractivity contribution in [3.63, 3.8) is 0 Å². The Morgan fingerprint density at radius 3 is 2.20 bits per heavy atom. The molecule has 3 aromatic heterocycles. The first-order valence-corrected chi connectivity index (χ1v) is 10.2. The summed E-state index contributed by atoms with van der Waals surface area (Å²) in [5, 5.41) is 12.6. The third-order valence-electron chi connectivity index (χ3n) is 5.80. The highest BCUT2D eigenvalue weighted by atomic mass is 35.5. The van der Waals surface area contributed by atoms with E-state index in [1.807, 2.05) is 56.6 Å². The molecule has 0 saturated carbocycles. The van der Waals surface area contributed by atoms with Crippen molar-refractivity contribution in [3.8, 4) is 22.4 Å². The fourth-order valence-electron chi connectivity index (χ4n) is 4.48. The highest BCUT2D eigenvalue weighted by molar-refractivity contribution is 6.35. The molecule has 3 heterocycles. The molecule has 0 amide bonds. The Bertz CT molecular complexity index is 1440. The Morgan fingerprint density at radius 2 is 1.57 bits per heavy atom. The maximum atomic E-state index is 12.3. The van der Waals surface area contributed by atoms with Gasteiger partial charge in [-0.25, -0.2) is 4.79 Å². The molecule has 0 unspecified atom stereocenters. The minimum absolute atomic E-state index is 0.157. The lowest BCUT2D eigenvalue weighted by molar-refractivity contribution is 0.0692. The quantitative estimate of drug-likeness (QED) is 0.268. The van der Waals surface area contributed by atoms with Crippen molar-refractivity contribution in [1.82, 2.24) is 15.0 Å². The predicted octanol–water partition coefficient (Wildman–Crippen LogP) is 6.53. The molecule has 4 N–H and O–H groups in total. The number of carboxylic acids is 1. The van der Waals surface area contributed by atoms with Crippen LogP contribution < -0.4 is 0 Å². The van der Waals surface area contributed by atoms with Gasteiger partial charge in [-0.3, -0.25) is 0 Å². The van der Waals surface area contributed by atoms with Gasteiger partial charge in [0.2, 0.25) is 0 Å². The minimum Gasteiger partial charge on any atom is -0.477 e. The van der Waals surface area contributed by atoms with Gasteiger partial charge in [0.05, 0.1) is 5.69 Å². The van der Waals surface area contributed by atoms with Gasteiger partial charge in [0, 0.05) is 55.9 Å². The van der Waals surface area contributed by atoms with E-state index in [1.165, 1.54) is 0 Å². The molecule has 0 atom stereocenters. The van der Waals surface area contributed by atoms with Crippen LogP contribution in [-0.4, -0.2) is 26.0 Å². The van der Waals surface area contributed by atoms with Crippen LogP contribution in [0.25, 0.3) is 44.2 Å². The van der Waals surface area contributed by atoms with Crippen molar-refractivity contribution in [3.05, 3.63) is 70.6 Å². The number of aromatic amines is 3. The zero-order valence-corrected chi connectivity index (χ0v) is 17.3. The number of nitrogens with one attached hydrogen (secondary N) is 3. The number of hydrogen-bond donors (Lipinski definition) is 4. The molecule has 2 aromatic carbocycles. The molecule has 0 radical (unpaired) electrons. The minimum atomic E-state index is -1.01. The zero-order valence-electron chi connectivity index (χ0n) is 16.6. The number of carbonyl (C=O) groups is 1. The van der Waals surface area contributed by atoms with Crippen molar-refractivity contribution >= 4 is 39.4 Å². The number of fused-ring (bicyclic) bond motifs is 2. The Labute approximate surface area is 177 Å². The summed E-state index contributed by atoms with van der Waals surface area (Å²) >= 11 is 6.64. The molecule has 5 rings (SSSR count). The second-order valence-corrected chi connectivity index (χ2v) is 7.85. The van der Waals surface area contributed by atoms with E-state index in [2.05, 4.69) is 21.0 Å². The van der Waals surface area contributed by atoms with E-state index in [4.69, 9.17) is 11.6 Å². The van der Waals surface area contributed by atoms with Gasteiger partial charge in [0.15, 0.2) is 0 Å². The Hall–Kier alpha value is -3.44. The number of rotatable bonds is 4. The maximum absolute atomic E-state index is 12.3. The second-order valence-electron chi connectivity index (χ2n) is 7.44. The third kappa shape index (κ3) is 2.59. The van der Waals surface area contributed by atoms with Crippen molar-refractivity contribution in [2.45, 2.75) is 20.3 Å². The number of benzene rings is 2. The van der Waals surface area contributed by atoms with Crippen LogP contribution in [0.2, 0.25) is 5.02 Å². The summed E-state index contributed by atoms with van der Waals surface area (Å²) < 4.78 is 0. The molecule has 0 aliphatic heterocycles. The maximum Gasteiger partial charge on any atom is 0.352 e. The van der Waals surface area contributed by atoms with Crippen molar-refractivity contribution in [2.75, 3.05) is 0 Å². The molecule has 0 spiro atoms. The molecule has 5 nitrogen and oxygen atoms in total. The Morgan fingerprint density at radius 1 is 0.933 bits per heavy atom. The van der Waals surface area contributed by atoms with Gasteiger partial charge >= 0.3 is 5.97 Å². The van der Waals surface area contributed by atoms with Crippen molar-refractivity contribution in [2.24, 2.45) is 0 Å². The van der Waals surface area contributed by atoms with Crippen LogP contribution in [0, 0.1) is 6.92 Å². The van der Waals surface area contributed by atoms with Crippen LogP contribution in [-0.2, 0) is 6.42 Å². The SMILES string of the molecule is CCc1c(-c2c(C)ccc3[nH]ccc23)[nH]c(C(=O)O)c1-c1c(Cl)ccc2[nH]ccc12. The lowest BCUT2D eigenvalue weighted by atomic mass is 9.92. The summed E-state index contributed by atoms with van der Waals surface area (Å²) in [5.41, 5.74) is 7.34. The van der Waals surface area contributed by atoms with E-state index < -0.39 is 5.97 Å². The van der Waals surface area contributed by atoms with E-state index in [0.29, 0.717) is 17.0 Å². The average Bonchev–Trinajstić information content (AvgIpc) is 3.45. The first-order chi connectivity index (χ1) is 14.5. The number of aryl methyl sites for hydroxylation is 1. The fourth-order valence-corrected chi connectivity index (χ4v) is 4.74. The summed E-state index contributed by atoms with van der Waals surface area (Å²) in [6.45, 7) is 4.08. The van der Waals surface area contributed by atoms with Gasteiger partial charge < -0.3 is 20.1 Å². The number of hydrogen-bond acceptors (Lipinski definition) is 1. The van der Waals surface area contributed by atoms with E-state index >= 15 is 0 Å². The highest BCUT2D eigenvalue weighted by Crippen LogP contribution is 2.44. The van der Waals surface area contributed by atoms with Gasteiger partial charge in [-0.05, 0) is 54.8 Å². The van der Waals surface area contributed by atoms with E-state index in [9.17, 15) is 9.90 Å². The molecule has 6 heteroatoms. The van der Waals surface area contributed by atoms with Gasteiger partial charge in [-0.1, -0.05) is 24.6 Å². The van der Waals surface area contributed by atoms with Crippen LogP contribution >= 0.6 is 11.6 Å². The number of H-pyrrole nitrogens is 3. The largest absolute Gasteiger partial charge is 0.477 e. The third-order valence-corrected chi connectivity index (χ3v) is 6.11. The topological polar surface area (TPSA) is 84.7 Å². The molecular formula is C24H20ClN3O2. The van der Waals surface area contributed by atoms with E-state index in [-0.39, 0.29) is 5.69 Å². The summed E-state index contributed by atoms with van der Waals surface area (Å²) in [6, 6.07) is 11.8. The molecule has 30 heavy (non-hydrogen) atoms. The van der Waals surface area contributed by atoms with Crippen LogP contribution in [0.3, 0.4) is 0 Å². The summed E-state index contributed by atoms with van der Waals surface area (Å²) in [7, 11) is 0. The standard InChI is InChI=1S/C24H20ClN3O2/c1-3-13-21(20-15-9-11-27-18(15)7-5-16(20)25)23(24(29)30)28-22(13)19-12(2)4-6-17-14(19)8-10-26-17/h4-11,26-28H,3H2,1-2H3,(H,29,30). The molecule has 0 saturated heterocycles. The molecule has 0 fully saturated rings. The number of aromatic nitrogens is 3. The molecule has 150 valence electrons. The predicted molar refractivity (Wildman–Crippen MR) is 121 cm³/mol. The molecule has 0 aliphatic carbocycles. The Kier molecular flexibility index (Phi) is 4.22. The summed E-state index contributed by atoms with van der Waals surface area (Å²) in [4.78, 5) is 22.0. The smallest absolute Gasteiger partial charge is 0.352 e. The van der Waals surface area contributed by atoms with E-state index in [0.717, 1.165) is 49.8 Å². The second kappa shape index (κ2) is 6.82. The molecule has 0 bridgehead atoms. The monoisotopic (exact) mass is 417 g/mol. The van der Waals surface area contributed by atoms with Crippen LogP contribution in [0.1, 0.15) is 28.5 Å². The lowest BCUT2D eigenvalue weighted by Crippen LogP contribution is -2.00. The molecular weight excluding hydrogens is 398 g/mol. The number of halogens is 1. The van der Waals surface area contributed by atoms with Crippen molar-refractivity contribution in [1.29, 1.82) is 0 Å².